The monoisotopic (exact) mass is 408 g/mol. The van der Waals surface area contributed by atoms with Gasteiger partial charge in [-0.05, 0) is 37.5 Å². The van der Waals surface area contributed by atoms with E-state index in [0.717, 1.165) is 31.2 Å². The molecule has 2 N–H and O–H groups in total. The number of amides is 1. The Morgan fingerprint density at radius 3 is 2.25 bits per heavy atom. The lowest BCUT2D eigenvalue weighted by Gasteiger charge is -2.31. The van der Waals surface area contributed by atoms with Crippen LogP contribution in [0.1, 0.15) is 38.2 Å². The van der Waals surface area contributed by atoms with E-state index >= 15 is 0 Å². The number of carbonyl (C=O) groups excluding carboxylic acids is 1. The fourth-order valence-corrected chi connectivity index (χ4v) is 4.23. The largest absolute Gasteiger partial charge is 0.357 e. The molecule has 0 radical (unpaired) electrons. The van der Waals surface area contributed by atoms with Gasteiger partial charge in [0.25, 0.3) is 0 Å². The molecule has 1 aliphatic carbocycles. The zero-order valence-corrected chi connectivity index (χ0v) is 18.1. The maximum absolute atomic E-state index is 12.7. The fourth-order valence-electron chi connectivity index (χ4n) is 3.60. The van der Waals surface area contributed by atoms with Gasteiger partial charge in [-0.3, -0.25) is 4.79 Å². The molecule has 156 valence electrons. The third-order valence-electron chi connectivity index (χ3n) is 5.13. The van der Waals surface area contributed by atoms with Crippen molar-refractivity contribution in [1.82, 2.24) is 15.5 Å². The molecule has 1 aliphatic rings. The highest BCUT2D eigenvalue weighted by atomic mass is 32.2. The van der Waals surface area contributed by atoms with Crippen molar-refractivity contribution in [3.8, 4) is 0 Å². The standard InChI is InChI=1S/C20H32N4O3S/c1-5-21-19(22-14-16-8-10-17(11-9-16)28(4,26)27)23-15-20(12-6-7-13-20)18(25)24(2)3/h8-11H,5-7,12-15H2,1-4H3,(H2,21,22,23). The van der Waals surface area contributed by atoms with Gasteiger partial charge in [0.2, 0.25) is 5.91 Å². The summed E-state index contributed by atoms with van der Waals surface area (Å²) < 4.78 is 23.1. The van der Waals surface area contributed by atoms with Gasteiger partial charge in [0.05, 0.1) is 16.9 Å². The molecule has 0 spiro atoms. The highest BCUT2D eigenvalue weighted by Gasteiger charge is 2.42. The molecule has 8 heteroatoms. The topological polar surface area (TPSA) is 90.9 Å². The van der Waals surface area contributed by atoms with Crippen LogP contribution in [0.3, 0.4) is 0 Å². The van der Waals surface area contributed by atoms with Gasteiger partial charge >= 0.3 is 0 Å². The Morgan fingerprint density at radius 2 is 1.75 bits per heavy atom. The van der Waals surface area contributed by atoms with E-state index in [9.17, 15) is 13.2 Å². The molecule has 0 atom stereocenters. The summed E-state index contributed by atoms with van der Waals surface area (Å²) in [6, 6.07) is 6.75. The fraction of sp³-hybridized carbons (Fsp3) is 0.600. The summed E-state index contributed by atoms with van der Waals surface area (Å²) in [6.45, 7) is 3.69. The van der Waals surface area contributed by atoms with Crippen LogP contribution in [0, 0.1) is 5.41 Å². The molecule has 0 saturated heterocycles. The van der Waals surface area contributed by atoms with Gasteiger partial charge in [0.1, 0.15) is 0 Å². The summed E-state index contributed by atoms with van der Waals surface area (Å²) in [4.78, 5) is 19.3. The lowest BCUT2D eigenvalue weighted by molar-refractivity contribution is -0.138. The third-order valence-corrected chi connectivity index (χ3v) is 6.26. The Morgan fingerprint density at radius 1 is 1.14 bits per heavy atom. The minimum atomic E-state index is -3.20. The summed E-state index contributed by atoms with van der Waals surface area (Å²) in [6.07, 6.45) is 5.12. The molecule has 0 aliphatic heterocycles. The van der Waals surface area contributed by atoms with Crippen LogP contribution >= 0.6 is 0 Å². The zero-order valence-electron chi connectivity index (χ0n) is 17.3. The van der Waals surface area contributed by atoms with Crippen LogP contribution in [-0.2, 0) is 21.2 Å². The molecule has 1 saturated carbocycles. The Balaban J connectivity index is 2.06. The lowest BCUT2D eigenvalue weighted by atomic mass is 9.84. The van der Waals surface area contributed by atoms with Gasteiger partial charge in [-0.1, -0.05) is 25.0 Å². The predicted octanol–water partition coefficient (Wildman–Crippen LogP) is 1.79. The third kappa shape index (κ3) is 5.70. The first kappa shape index (κ1) is 22.2. The smallest absolute Gasteiger partial charge is 0.230 e. The highest BCUT2D eigenvalue weighted by molar-refractivity contribution is 7.90. The van der Waals surface area contributed by atoms with E-state index in [0.29, 0.717) is 30.5 Å². The van der Waals surface area contributed by atoms with Crippen LogP contribution in [0.4, 0.5) is 0 Å². The van der Waals surface area contributed by atoms with Crippen LogP contribution in [0.2, 0.25) is 0 Å². The second kappa shape index (κ2) is 9.41. The quantitative estimate of drug-likeness (QED) is 0.530. The Bertz CT molecular complexity index is 795. The number of nitrogens with one attached hydrogen (secondary N) is 2. The van der Waals surface area contributed by atoms with E-state index < -0.39 is 9.84 Å². The van der Waals surface area contributed by atoms with Crippen molar-refractivity contribution >= 4 is 21.7 Å². The molecule has 1 fully saturated rings. The summed E-state index contributed by atoms with van der Waals surface area (Å²) in [5, 5.41) is 6.56. The van der Waals surface area contributed by atoms with Crippen molar-refractivity contribution in [1.29, 1.82) is 0 Å². The molecular formula is C20H32N4O3S. The Labute approximate surface area is 168 Å². The summed E-state index contributed by atoms with van der Waals surface area (Å²) in [5.74, 6) is 0.831. The Kier molecular flexibility index (Phi) is 7.46. The number of guanidine groups is 1. The first-order valence-corrected chi connectivity index (χ1v) is 11.6. The number of rotatable bonds is 7. The molecule has 1 aromatic carbocycles. The molecule has 1 amide bonds. The molecule has 1 aromatic rings. The van der Waals surface area contributed by atoms with E-state index in [-0.39, 0.29) is 11.3 Å². The molecule has 7 nitrogen and oxygen atoms in total. The van der Waals surface area contributed by atoms with Gasteiger partial charge in [-0.25, -0.2) is 13.4 Å². The summed E-state index contributed by atoms with van der Waals surface area (Å²) in [5.41, 5.74) is 0.557. The normalized spacial score (nSPS) is 16.6. The maximum Gasteiger partial charge on any atom is 0.230 e. The van der Waals surface area contributed by atoms with Gasteiger partial charge in [-0.15, -0.1) is 0 Å². The van der Waals surface area contributed by atoms with Crippen molar-refractivity contribution in [2.75, 3.05) is 33.4 Å². The molecule has 0 heterocycles. The first-order chi connectivity index (χ1) is 13.2. The molecule has 28 heavy (non-hydrogen) atoms. The van der Waals surface area contributed by atoms with Crippen LogP contribution < -0.4 is 10.6 Å². The van der Waals surface area contributed by atoms with E-state index in [1.165, 1.54) is 6.26 Å². The average Bonchev–Trinajstić information content (AvgIpc) is 3.13. The number of sulfone groups is 1. The average molecular weight is 409 g/mol. The number of nitrogens with zero attached hydrogens (tertiary/aromatic N) is 2. The second-order valence-corrected chi connectivity index (χ2v) is 9.67. The van der Waals surface area contributed by atoms with Crippen molar-refractivity contribution in [2.24, 2.45) is 10.4 Å². The van der Waals surface area contributed by atoms with Crippen LogP contribution in [0.25, 0.3) is 0 Å². The van der Waals surface area contributed by atoms with E-state index in [1.54, 1.807) is 29.2 Å². The van der Waals surface area contributed by atoms with Gasteiger partial charge in [0, 0.05) is 33.4 Å². The number of benzene rings is 1. The SMILES string of the molecule is CCNC(=NCc1ccc(S(C)(=O)=O)cc1)NCC1(C(=O)N(C)C)CCCC1. The maximum atomic E-state index is 12.7. The number of hydrogen-bond acceptors (Lipinski definition) is 4. The zero-order chi connectivity index (χ0) is 20.8. The van der Waals surface area contributed by atoms with Crippen molar-refractivity contribution in [3.63, 3.8) is 0 Å². The molecule has 2 rings (SSSR count). The first-order valence-electron chi connectivity index (χ1n) is 9.71. The van der Waals surface area contributed by atoms with E-state index in [1.807, 2.05) is 21.0 Å². The van der Waals surface area contributed by atoms with Gasteiger partial charge in [-0.2, -0.15) is 0 Å². The van der Waals surface area contributed by atoms with Crippen LogP contribution in [0.5, 0.6) is 0 Å². The number of carbonyl (C=O) groups is 1. The Hall–Kier alpha value is -2.09. The van der Waals surface area contributed by atoms with Gasteiger partial charge < -0.3 is 15.5 Å². The van der Waals surface area contributed by atoms with Gasteiger partial charge in [0.15, 0.2) is 15.8 Å². The summed E-state index contributed by atoms with van der Waals surface area (Å²) >= 11 is 0. The minimum absolute atomic E-state index is 0.171. The molecule has 0 aromatic heterocycles. The van der Waals surface area contributed by atoms with Crippen LogP contribution in [0.15, 0.2) is 34.2 Å². The molecule has 0 bridgehead atoms. The number of aliphatic imine (C=N–C) groups is 1. The molecule has 0 unspecified atom stereocenters. The predicted molar refractivity (Wildman–Crippen MR) is 112 cm³/mol. The highest BCUT2D eigenvalue weighted by Crippen LogP contribution is 2.38. The second-order valence-electron chi connectivity index (χ2n) is 7.65. The molecular weight excluding hydrogens is 376 g/mol. The van der Waals surface area contributed by atoms with Crippen molar-refractivity contribution in [3.05, 3.63) is 29.8 Å². The number of hydrogen-bond donors (Lipinski definition) is 2. The van der Waals surface area contributed by atoms with Crippen molar-refractivity contribution in [2.45, 2.75) is 44.0 Å². The lowest BCUT2D eigenvalue weighted by Crippen LogP contribution is -2.49. The summed E-state index contributed by atoms with van der Waals surface area (Å²) in [7, 11) is 0.419. The van der Waals surface area contributed by atoms with Crippen molar-refractivity contribution < 1.29 is 13.2 Å². The van der Waals surface area contributed by atoms with Crippen LogP contribution in [-0.4, -0.2) is 58.6 Å². The van der Waals surface area contributed by atoms with E-state index in [2.05, 4.69) is 15.6 Å². The van der Waals surface area contributed by atoms with E-state index in [4.69, 9.17) is 0 Å². The minimum Gasteiger partial charge on any atom is -0.357 e.